The van der Waals surface area contributed by atoms with Crippen molar-refractivity contribution in [2.45, 2.75) is 31.1 Å². The minimum Gasteiger partial charge on any atom is -0.298 e. The number of aromatic nitrogens is 1. The molecule has 0 saturated carbocycles. The van der Waals surface area contributed by atoms with Crippen LogP contribution in [-0.2, 0) is 22.9 Å². The molecule has 0 radical (unpaired) electrons. The zero-order valence-electron chi connectivity index (χ0n) is 14.3. The number of hydrogen-bond donors (Lipinski definition) is 2. The van der Waals surface area contributed by atoms with Crippen molar-refractivity contribution in [3.8, 4) is 12.3 Å². The molecule has 26 heavy (non-hydrogen) atoms. The van der Waals surface area contributed by atoms with Gasteiger partial charge < -0.3 is 0 Å². The summed E-state index contributed by atoms with van der Waals surface area (Å²) in [6, 6.07) is 5.82. The van der Waals surface area contributed by atoms with Gasteiger partial charge in [0, 0.05) is 10.4 Å². The minimum atomic E-state index is -3.75. The first-order valence-electron chi connectivity index (χ1n) is 8.22. The molecule has 136 valence electrons. The number of carbonyl (C=O) groups is 1. The molecule has 0 aliphatic heterocycles. The van der Waals surface area contributed by atoms with E-state index in [0.717, 1.165) is 25.0 Å². The number of carbonyl (C=O) groups excluding carboxylic acids is 1. The minimum absolute atomic E-state index is 0.00680. The highest BCUT2D eigenvalue weighted by molar-refractivity contribution is 7.89. The average Bonchev–Trinajstić information content (AvgIpc) is 3.01. The van der Waals surface area contributed by atoms with E-state index in [1.54, 1.807) is 6.07 Å². The Morgan fingerprint density at radius 3 is 3.04 bits per heavy atom. The van der Waals surface area contributed by atoms with E-state index in [9.17, 15) is 13.2 Å². The van der Waals surface area contributed by atoms with Gasteiger partial charge in [0.25, 0.3) is 5.91 Å². The number of aryl methyl sites for hydroxylation is 1. The summed E-state index contributed by atoms with van der Waals surface area (Å²) in [6.07, 6.45) is 8.10. The summed E-state index contributed by atoms with van der Waals surface area (Å²) in [4.78, 5) is 18.2. The quantitative estimate of drug-likeness (QED) is 0.769. The molecular formula is C18H19N3O3S2. The predicted octanol–water partition coefficient (Wildman–Crippen LogP) is 2.43. The molecule has 0 bridgehead atoms. The normalized spacial score (nSPS) is 16.5. The van der Waals surface area contributed by atoms with Gasteiger partial charge >= 0.3 is 0 Å². The van der Waals surface area contributed by atoms with Crippen LogP contribution in [0.1, 0.15) is 34.3 Å². The highest BCUT2D eigenvalue weighted by Crippen LogP contribution is 2.32. The zero-order valence-corrected chi connectivity index (χ0v) is 15.9. The molecule has 1 aromatic heterocycles. The number of sulfonamides is 1. The lowest BCUT2D eigenvalue weighted by molar-refractivity contribution is 0.102. The van der Waals surface area contributed by atoms with Crippen LogP contribution in [0.2, 0.25) is 0 Å². The number of thiazole rings is 1. The molecule has 1 aliphatic rings. The Morgan fingerprint density at radius 2 is 2.27 bits per heavy atom. The third-order valence-electron chi connectivity index (χ3n) is 4.18. The summed E-state index contributed by atoms with van der Waals surface area (Å²) in [7, 11) is -3.75. The molecule has 0 saturated heterocycles. The number of nitrogens with one attached hydrogen (secondary N) is 2. The second-order valence-electron chi connectivity index (χ2n) is 6.25. The molecule has 0 spiro atoms. The summed E-state index contributed by atoms with van der Waals surface area (Å²) < 4.78 is 26.5. The maximum atomic E-state index is 12.5. The van der Waals surface area contributed by atoms with E-state index in [1.807, 2.05) is 0 Å². The Morgan fingerprint density at radius 1 is 1.46 bits per heavy atom. The molecular weight excluding hydrogens is 370 g/mol. The average molecular weight is 390 g/mol. The summed E-state index contributed by atoms with van der Waals surface area (Å²) in [5.41, 5.74) is 1.30. The molecule has 1 amide bonds. The zero-order chi connectivity index (χ0) is 18.7. The SMILES string of the molecule is C#CCNS(=O)(=O)c1cccc(C(=O)Nc2nc3c(s2)CC(C)CC3)c1. The second-order valence-corrected chi connectivity index (χ2v) is 9.10. The lowest BCUT2D eigenvalue weighted by Gasteiger charge is -2.15. The van der Waals surface area contributed by atoms with Gasteiger partial charge in [-0.05, 0) is 43.4 Å². The number of amides is 1. The highest BCUT2D eigenvalue weighted by atomic mass is 32.2. The summed E-state index contributed by atoms with van der Waals surface area (Å²) in [5, 5.41) is 3.32. The number of benzene rings is 1. The maximum Gasteiger partial charge on any atom is 0.257 e. The summed E-state index contributed by atoms with van der Waals surface area (Å²) in [6.45, 7) is 2.10. The Kier molecular flexibility index (Phi) is 5.41. The third kappa shape index (κ3) is 4.12. The number of anilines is 1. The molecule has 1 atom stereocenters. The van der Waals surface area contributed by atoms with Crippen molar-refractivity contribution in [3.05, 3.63) is 40.4 Å². The van der Waals surface area contributed by atoms with E-state index >= 15 is 0 Å². The van der Waals surface area contributed by atoms with Crippen LogP contribution in [0.5, 0.6) is 0 Å². The highest BCUT2D eigenvalue weighted by Gasteiger charge is 2.21. The molecule has 0 fully saturated rings. The van der Waals surface area contributed by atoms with E-state index in [2.05, 4.69) is 27.9 Å². The molecule has 3 rings (SSSR count). The monoisotopic (exact) mass is 389 g/mol. The van der Waals surface area contributed by atoms with E-state index < -0.39 is 15.9 Å². The summed E-state index contributed by atoms with van der Waals surface area (Å²) in [5.74, 6) is 2.45. The Balaban J connectivity index is 1.77. The molecule has 1 unspecified atom stereocenters. The smallest absolute Gasteiger partial charge is 0.257 e. The van der Waals surface area contributed by atoms with Crippen molar-refractivity contribution in [3.63, 3.8) is 0 Å². The fraction of sp³-hybridized carbons (Fsp3) is 0.333. The van der Waals surface area contributed by atoms with Crippen molar-refractivity contribution in [1.29, 1.82) is 0 Å². The van der Waals surface area contributed by atoms with Gasteiger partial charge in [-0.25, -0.2) is 13.4 Å². The van der Waals surface area contributed by atoms with Gasteiger partial charge in [0.15, 0.2) is 5.13 Å². The Labute approximate surface area is 157 Å². The molecule has 2 N–H and O–H groups in total. The van der Waals surface area contributed by atoms with Gasteiger partial charge in [-0.15, -0.1) is 17.8 Å². The van der Waals surface area contributed by atoms with Gasteiger partial charge in [-0.3, -0.25) is 10.1 Å². The van der Waals surface area contributed by atoms with E-state index in [4.69, 9.17) is 6.42 Å². The largest absolute Gasteiger partial charge is 0.298 e. The van der Waals surface area contributed by atoms with Gasteiger partial charge in [0.05, 0.1) is 17.1 Å². The first-order valence-corrected chi connectivity index (χ1v) is 10.5. The number of nitrogens with zero attached hydrogens (tertiary/aromatic N) is 1. The van der Waals surface area contributed by atoms with E-state index in [0.29, 0.717) is 11.0 Å². The number of terminal acetylenes is 1. The van der Waals surface area contributed by atoms with Gasteiger partial charge in [-0.2, -0.15) is 4.72 Å². The van der Waals surface area contributed by atoms with E-state index in [1.165, 1.54) is 34.4 Å². The molecule has 8 heteroatoms. The van der Waals surface area contributed by atoms with Crippen LogP contribution in [-0.4, -0.2) is 25.9 Å². The number of rotatable bonds is 5. The molecule has 1 heterocycles. The third-order valence-corrected chi connectivity index (χ3v) is 6.61. The van der Waals surface area contributed by atoms with Crippen LogP contribution in [0.3, 0.4) is 0 Å². The number of hydrogen-bond acceptors (Lipinski definition) is 5. The van der Waals surface area contributed by atoms with Crippen LogP contribution in [0, 0.1) is 18.3 Å². The summed E-state index contributed by atoms with van der Waals surface area (Å²) >= 11 is 1.49. The molecule has 6 nitrogen and oxygen atoms in total. The standard InChI is InChI=1S/C18H19N3O3S2/c1-3-9-19-26(23,24)14-6-4-5-13(11-14)17(22)21-18-20-15-8-7-12(2)10-16(15)25-18/h1,4-6,11-12,19H,7-10H2,2H3,(H,20,21,22). The van der Waals surface area contributed by atoms with Crippen LogP contribution in [0.25, 0.3) is 0 Å². The Hall–Kier alpha value is -2.21. The van der Waals surface area contributed by atoms with Crippen LogP contribution < -0.4 is 10.0 Å². The molecule has 2 aromatic rings. The second kappa shape index (κ2) is 7.58. The predicted molar refractivity (Wildman–Crippen MR) is 102 cm³/mol. The van der Waals surface area contributed by atoms with Crippen molar-refractivity contribution < 1.29 is 13.2 Å². The first kappa shape index (κ1) is 18.6. The molecule has 1 aliphatic carbocycles. The fourth-order valence-corrected chi connectivity index (χ4v) is 4.93. The van der Waals surface area contributed by atoms with Crippen LogP contribution >= 0.6 is 11.3 Å². The van der Waals surface area contributed by atoms with Crippen LogP contribution in [0.15, 0.2) is 29.2 Å². The van der Waals surface area contributed by atoms with Crippen molar-refractivity contribution in [1.82, 2.24) is 9.71 Å². The fourth-order valence-electron chi connectivity index (χ4n) is 2.79. The van der Waals surface area contributed by atoms with Gasteiger partial charge in [0.1, 0.15) is 0 Å². The van der Waals surface area contributed by atoms with Crippen LogP contribution in [0.4, 0.5) is 5.13 Å². The molecule has 1 aromatic carbocycles. The van der Waals surface area contributed by atoms with E-state index in [-0.39, 0.29) is 17.0 Å². The van der Waals surface area contributed by atoms with Crippen molar-refractivity contribution in [2.24, 2.45) is 5.92 Å². The number of fused-ring (bicyclic) bond motifs is 1. The maximum absolute atomic E-state index is 12.5. The lowest BCUT2D eigenvalue weighted by atomic mass is 9.93. The first-order chi connectivity index (χ1) is 12.4. The topological polar surface area (TPSA) is 88.2 Å². The van der Waals surface area contributed by atoms with Crippen molar-refractivity contribution >= 4 is 32.4 Å². The van der Waals surface area contributed by atoms with Gasteiger partial charge in [0.2, 0.25) is 10.0 Å². The van der Waals surface area contributed by atoms with Gasteiger partial charge in [-0.1, -0.05) is 18.9 Å². The lowest BCUT2D eigenvalue weighted by Crippen LogP contribution is -2.24. The Bertz CT molecular complexity index is 974. The van der Waals surface area contributed by atoms with Crippen molar-refractivity contribution in [2.75, 3.05) is 11.9 Å².